The van der Waals surface area contributed by atoms with Gasteiger partial charge in [-0.25, -0.2) is 4.39 Å². The zero-order chi connectivity index (χ0) is 14.1. The summed E-state index contributed by atoms with van der Waals surface area (Å²) in [5, 5.41) is 2.85. The van der Waals surface area contributed by atoms with Gasteiger partial charge >= 0.3 is 0 Å². The molecule has 2 aromatic rings. The van der Waals surface area contributed by atoms with Gasteiger partial charge in [-0.1, -0.05) is 40.2 Å². The fourth-order valence-electron chi connectivity index (χ4n) is 2.41. The fourth-order valence-corrected chi connectivity index (χ4v) is 3.00. The SMILES string of the molecule is O=C1NCCc2ccc(C(Br)c3ccc(F)cc3)cc21. The number of amides is 1. The molecule has 1 amide bonds. The van der Waals surface area contributed by atoms with Crippen molar-refractivity contribution in [2.45, 2.75) is 11.2 Å². The molecule has 0 fully saturated rings. The third kappa shape index (κ3) is 2.48. The normalized spacial score (nSPS) is 15.4. The van der Waals surface area contributed by atoms with Crippen molar-refractivity contribution in [1.29, 1.82) is 0 Å². The Morgan fingerprint density at radius 3 is 2.55 bits per heavy atom. The van der Waals surface area contributed by atoms with Crippen molar-refractivity contribution >= 4 is 21.8 Å². The molecule has 0 radical (unpaired) electrons. The van der Waals surface area contributed by atoms with Crippen LogP contribution in [0.1, 0.15) is 31.9 Å². The van der Waals surface area contributed by atoms with E-state index in [1.165, 1.54) is 12.1 Å². The summed E-state index contributed by atoms with van der Waals surface area (Å²) in [7, 11) is 0. The molecule has 1 atom stereocenters. The van der Waals surface area contributed by atoms with E-state index in [0.29, 0.717) is 6.54 Å². The maximum atomic E-state index is 13.0. The standard InChI is InChI=1S/C16H13BrFNO/c17-15(11-3-5-13(18)6-4-11)12-2-1-10-7-8-19-16(20)14(10)9-12/h1-6,9,15H,7-8H2,(H,19,20). The molecule has 0 saturated carbocycles. The van der Waals surface area contributed by atoms with Crippen LogP contribution >= 0.6 is 15.9 Å². The van der Waals surface area contributed by atoms with Crippen molar-refractivity contribution in [2.75, 3.05) is 6.54 Å². The highest BCUT2D eigenvalue weighted by Gasteiger charge is 2.19. The maximum absolute atomic E-state index is 13.0. The second-order valence-corrected chi connectivity index (χ2v) is 5.75. The number of carbonyl (C=O) groups is 1. The molecule has 0 aromatic heterocycles. The average molecular weight is 334 g/mol. The first-order chi connectivity index (χ1) is 9.65. The van der Waals surface area contributed by atoms with Crippen LogP contribution in [0.3, 0.4) is 0 Å². The van der Waals surface area contributed by atoms with Gasteiger partial charge in [0.1, 0.15) is 5.82 Å². The predicted molar refractivity (Wildman–Crippen MR) is 79.6 cm³/mol. The van der Waals surface area contributed by atoms with Gasteiger partial charge in [-0.3, -0.25) is 4.79 Å². The Morgan fingerprint density at radius 1 is 1.10 bits per heavy atom. The molecule has 1 unspecified atom stereocenters. The molecule has 20 heavy (non-hydrogen) atoms. The Labute approximate surface area is 125 Å². The molecule has 0 aliphatic carbocycles. The van der Waals surface area contributed by atoms with Crippen molar-refractivity contribution in [3.8, 4) is 0 Å². The third-order valence-corrected chi connectivity index (χ3v) is 4.57. The number of fused-ring (bicyclic) bond motifs is 1. The van der Waals surface area contributed by atoms with E-state index in [2.05, 4.69) is 21.2 Å². The van der Waals surface area contributed by atoms with Gasteiger partial charge in [-0.2, -0.15) is 0 Å². The lowest BCUT2D eigenvalue weighted by Crippen LogP contribution is -2.31. The van der Waals surface area contributed by atoms with Crippen LogP contribution in [-0.4, -0.2) is 12.5 Å². The smallest absolute Gasteiger partial charge is 0.251 e. The van der Waals surface area contributed by atoms with Crippen molar-refractivity contribution in [3.63, 3.8) is 0 Å². The first-order valence-corrected chi connectivity index (χ1v) is 7.37. The Bertz CT molecular complexity index is 654. The lowest BCUT2D eigenvalue weighted by atomic mass is 9.95. The summed E-state index contributed by atoms with van der Waals surface area (Å²) in [6, 6.07) is 12.3. The molecule has 2 nitrogen and oxygen atoms in total. The molecule has 3 rings (SSSR count). The van der Waals surface area contributed by atoms with Crippen LogP contribution in [0, 0.1) is 5.82 Å². The number of alkyl halides is 1. The molecule has 0 spiro atoms. The second kappa shape index (κ2) is 5.37. The maximum Gasteiger partial charge on any atom is 0.251 e. The van der Waals surface area contributed by atoms with Crippen LogP contribution in [0.25, 0.3) is 0 Å². The third-order valence-electron chi connectivity index (χ3n) is 3.51. The molecule has 1 N–H and O–H groups in total. The quantitative estimate of drug-likeness (QED) is 0.836. The average Bonchev–Trinajstić information content (AvgIpc) is 2.47. The van der Waals surface area contributed by atoms with Crippen LogP contribution in [0.15, 0.2) is 42.5 Å². The number of hydrogen-bond donors (Lipinski definition) is 1. The summed E-state index contributed by atoms with van der Waals surface area (Å²) >= 11 is 3.61. The molecule has 1 aliphatic heterocycles. The van der Waals surface area contributed by atoms with E-state index in [1.807, 2.05) is 18.2 Å². The minimum absolute atomic E-state index is 0.0214. The first kappa shape index (κ1) is 13.3. The lowest BCUT2D eigenvalue weighted by molar-refractivity contribution is 0.0946. The van der Waals surface area contributed by atoms with Crippen LogP contribution < -0.4 is 5.32 Å². The highest BCUT2D eigenvalue weighted by molar-refractivity contribution is 9.09. The highest BCUT2D eigenvalue weighted by atomic mass is 79.9. The lowest BCUT2D eigenvalue weighted by Gasteiger charge is -2.19. The summed E-state index contributed by atoms with van der Waals surface area (Å²) in [6.45, 7) is 0.695. The Hall–Kier alpha value is -1.68. The van der Waals surface area contributed by atoms with E-state index in [1.54, 1.807) is 12.1 Å². The second-order valence-electron chi connectivity index (χ2n) is 4.84. The zero-order valence-electron chi connectivity index (χ0n) is 10.7. The van der Waals surface area contributed by atoms with E-state index in [0.717, 1.165) is 28.7 Å². The number of rotatable bonds is 2. The van der Waals surface area contributed by atoms with Crippen molar-refractivity contribution in [2.24, 2.45) is 0 Å². The summed E-state index contributed by atoms with van der Waals surface area (Å²) in [4.78, 5) is 11.8. The summed E-state index contributed by atoms with van der Waals surface area (Å²) in [5.74, 6) is -0.273. The topological polar surface area (TPSA) is 29.1 Å². The van der Waals surface area contributed by atoms with E-state index in [-0.39, 0.29) is 16.6 Å². The number of halogens is 2. The Morgan fingerprint density at radius 2 is 1.80 bits per heavy atom. The predicted octanol–water partition coefficient (Wildman–Crippen LogP) is 3.60. The van der Waals surface area contributed by atoms with E-state index < -0.39 is 0 Å². The zero-order valence-corrected chi connectivity index (χ0v) is 12.3. The van der Waals surface area contributed by atoms with E-state index in [4.69, 9.17) is 0 Å². The Kier molecular flexibility index (Phi) is 3.57. The van der Waals surface area contributed by atoms with Gasteiger partial charge in [0.15, 0.2) is 0 Å². The summed E-state index contributed by atoms with van der Waals surface area (Å²) in [5.41, 5.74) is 3.77. The van der Waals surface area contributed by atoms with Crippen LogP contribution in [-0.2, 0) is 6.42 Å². The van der Waals surface area contributed by atoms with Crippen molar-refractivity contribution in [1.82, 2.24) is 5.32 Å². The fraction of sp³-hybridized carbons (Fsp3) is 0.188. The number of nitrogens with one attached hydrogen (secondary N) is 1. The van der Waals surface area contributed by atoms with Crippen LogP contribution in [0.4, 0.5) is 4.39 Å². The Balaban J connectivity index is 1.96. The molecule has 2 aromatic carbocycles. The van der Waals surface area contributed by atoms with E-state index >= 15 is 0 Å². The molecule has 1 aliphatic rings. The van der Waals surface area contributed by atoms with Crippen LogP contribution in [0.5, 0.6) is 0 Å². The van der Waals surface area contributed by atoms with Gasteiger partial charge in [0, 0.05) is 12.1 Å². The molecule has 0 saturated heterocycles. The van der Waals surface area contributed by atoms with Gasteiger partial charge in [-0.05, 0) is 41.3 Å². The number of carbonyl (C=O) groups excluding carboxylic acids is 1. The first-order valence-electron chi connectivity index (χ1n) is 6.46. The highest BCUT2D eigenvalue weighted by Crippen LogP contribution is 2.32. The monoisotopic (exact) mass is 333 g/mol. The molecule has 0 bridgehead atoms. The molecule has 102 valence electrons. The van der Waals surface area contributed by atoms with Gasteiger partial charge in [-0.15, -0.1) is 0 Å². The minimum atomic E-state index is -0.252. The molecule has 4 heteroatoms. The molecular weight excluding hydrogens is 321 g/mol. The van der Waals surface area contributed by atoms with E-state index in [9.17, 15) is 9.18 Å². The number of hydrogen-bond acceptors (Lipinski definition) is 1. The van der Waals surface area contributed by atoms with Gasteiger partial charge in [0.25, 0.3) is 5.91 Å². The van der Waals surface area contributed by atoms with Gasteiger partial charge in [0.05, 0.1) is 4.83 Å². The minimum Gasteiger partial charge on any atom is -0.352 e. The summed E-state index contributed by atoms with van der Waals surface area (Å²) < 4.78 is 13.0. The van der Waals surface area contributed by atoms with Gasteiger partial charge < -0.3 is 5.32 Å². The van der Waals surface area contributed by atoms with Gasteiger partial charge in [0.2, 0.25) is 0 Å². The number of benzene rings is 2. The van der Waals surface area contributed by atoms with Crippen molar-refractivity contribution < 1.29 is 9.18 Å². The summed E-state index contributed by atoms with van der Waals surface area (Å²) in [6.07, 6.45) is 0.866. The molecular formula is C16H13BrFNO. The van der Waals surface area contributed by atoms with Crippen LogP contribution in [0.2, 0.25) is 0 Å². The van der Waals surface area contributed by atoms with Crippen molar-refractivity contribution in [3.05, 3.63) is 70.5 Å². The largest absolute Gasteiger partial charge is 0.352 e. The molecule has 1 heterocycles.